The van der Waals surface area contributed by atoms with Crippen LogP contribution in [0.5, 0.6) is 0 Å². The second kappa shape index (κ2) is 3.29. The van der Waals surface area contributed by atoms with Gasteiger partial charge in [0.2, 0.25) is 5.90 Å². The Kier molecular flexibility index (Phi) is 2.28. The van der Waals surface area contributed by atoms with Crippen LogP contribution in [0, 0.1) is 5.92 Å². The predicted molar refractivity (Wildman–Crippen MR) is 52.8 cm³/mol. The van der Waals surface area contributed by atoms with Gasteiger partial charge < -0.3 is 10.5 Å². The standard InChI is InChI=1S/C10H18N2O/c1-6(2)9(11)10-12-7-4-3-5-8(7)13-10/h6-9H,3-5,11H2,1-2H3/t7?,8?,9-/m0/s1. The van der Waals surface area contributed by atoms with Gasteiger partial charge in [-0.3, -0.25) is 0 Å². The maximum Gasteiger partial charge on any atom is 0.201 e. The minimum Gasteiger partial charge on any atom is -0.474 e. The second-order valence-electron chi connectivity index (χ2n) is 4.39. The molecule has 0 aromatic rings. The van der Waals surface area contributed by atoms with Gasteiger partial charge in [-0.2, -0.15) is 0 Å². The zero-order valence-electron chi connectivity index (χ0n) is 8.36. The number of nitrogens with zero attached hydrogens (tertiary/aromatic N) is 1. The summed E-state index contributed by atoms with van der Waals surface area (Å²) in [7, 11) is 0. The summed E-state index contributed by atoms with van der Waals surface area (Å²) in [5, 5.41) is 0. The monoisotopic (exact) mass is 182 g/mol. The number of hydrogen-bond acceptors (Lipinski definition) is 3. The molecule has 3 heteroatoms. The first-order valence-corrected chi connectivity index (χ1v) is 5.18. The SMILES string of the molecule is CC(C)[C@H](N)C1=NC2CCCC2O1. The van der Waals surface area contributed by atoms with E-state index < -0.39 is 0 Å². The lowest BCUT2D eigenvalue weighted by Crippen LogP contribution is -2.36. The Morgan fingerprint density at radius 3 is 2.85 bits per heavy atom. The first-order chi connectivity index (χ1) is 6.18. The van der Waals surface area contributed by atoms with E-state index in [2.05, 4.69) is 18.8 Å². The predicted octanol–water partition coefficient (Wildman–Crippen LogP) is 1.32. The van der Waals surface area contributed by atoms with Crippen LogP contribution in [0.3, 0.4) is 0 Å². The van der Waals surface area contributed by atoms with Crippen molar-refractivity contribution in [3.05, 3.63) is 0 Å². The first-order valence-electron chi connectivity index (χ1n) is 5.18. The molecule has 0 radical (unpaired) electrons. The van der Waals surface area contributed by atoms with Crippen LogP contribution in [0.4, 0.5) is 0 Å². The molecule has 2 N–H and O–H groups in total. The third-order valence-corrected chi connectivity index (χ3v) is 2.99. The molecule has 1 aliphatic carbocycles. The van der Waals surface area contributed by atoms with Crippen molar-refractivity contribution in [2.45, 2.75) is 51.3 Å². The van der Waals surface area contributed by atoms with E-state index in [-0.39, 0.29) is 6.04 Å². The van der Waals surface area contributed by atoms with Crippen LogP contribution in [0.15, 0.2) is 4.99 Å². The quantitative estimate of drug-likeness (QED) is 0.700. The van der Waals surface area contributed by atoms with Crippen molar-refractivity contribution in [3.8, 4) is 0 Å². The van der Waals surface area contributed by atoms with Crippen molar-refractivity contribution < 1.29 is 4.74 Å². The van der Waals surface area contributed by atoms with Gasteiger partial charge in [0.1, 0.15) is 6.10 Å². The highest BCUT2D eigenvalue weighted by molar-refractivity contribution is 5.83. The molecule has 1 fully saturated rings. The maximum absolute atomic E-state index is 5.97. The van der Waals surface area contributed by atoms with Gasteiger partial charge in [0.25, 0.3) is 0 Å². The van der Waals surface area contributed by atoms with Gasteiger partial charge in [-0.25, -0.2) is 4.99 Å². The summed E-state index contributed by atoms with van der Waals surface area (Å²) in [6, 6.07) is 0.408. The van der Waals surface area contributed by atoms with Crippen molar-refractivity contribution in [1.82, 2.24) is 0 Å². The Morgan fingerprint density at radius 2 is 2.23 bits per heavy atom. The highest BCUT2D eigenvalue weighted by Crippen LogP contribution is 2.30. The Morgan fingerprint density at radius 1 is 1.46 bits per heavy atom. The van der Waals surface area contributed by atoms with Crippen LogP contribution in [0.1, 0.15) is 33.1 Å². The van der Waals surface area contributed by atoms with E-state index in [1.54, 1.807) is 0 Å². The van der Waals surface area contributed by atoms with Crippen molar-refractivity contribution in [3.63, 3.8) is 0 Å². The Balaban J connectivity index is 2.03. The lowest BCUT2D eigenvalue weighted by atomic mass is 10.1. The molecule has 2 rings (SSSR count). The van der Waals surface area contributed by atoms with E-state index in [9.17, 15) is 0 Å². The Labute approximate surface area is 79.4 Å². The van der Waals surface area contributed by atoms with E-state index in [1.165, 1.54) is 12.8 Å². The summed E-state index contributed by atoms with van der Waals surface area (Å²) in [5.74, 6) is 1.21. The van der Waals surface area contributed by atoms with E-state index >= 15 is 0 Å². The maximum atomic E-state index is 5.97. The minimum absolute atomic E-state index is 0.00870. The van der Waals surface area contributed by atoms with E-state index in [0.717, 1.165) is 12.3 Å². The average Bonchev–Trinajstić information content (AvgIpc) is 2.59. The molecule has 0 spiro atoms. The van der Waals surface area contributed by atoms with Gasteiger partial charge in [-0.1, -0.05) is 13.8 Å². The molecular formula is C10H18N2O. The third-order valence-electron chi connectivity index (χ3n) is 2.99. The summed E-state index contributed by atoms with van der Waals surface area (Å²) < 4.78 is 5.73. The molecule has 3 nitrogen and oxygen atoms in total. The molecule has 0 saturated heterocycles. The van der Waals surface area contributed by atoms with Crippen molar-refractivity contribution in [2.24, 2.45) is 16.6 Å². The topological polar surface area (TPSA) is 47.6 Å². The molecule has 13 heavy (non-hydrogen) atoms. The molecular weight excluding hydrogens is 164 g/mol. The molecule has 0 aromatic carbocycles. The van der Waals surface area contributed by atoms with Gasteiger partial charge in [0, 0.05) is 0 Å². The number of hydrogen-bond donors (Lipinski definition) is 1. The third kappa shape index (κ3) is 1.57. The van der Waals surface area contributed by atoms with E-state index in [1.807, 2.05) is 0 Å². The largest absolute Gasteiger partial charge is 0.474 e. The number of fused-ring (bicyclic) bond motifs is 1. The van der Waals surface area contributed by atoms with Gasteiger partial charge in [-0.15, -0.1) is 0 Å². The highest BCUT2D eigenvalue weighted by atomic mass is 16.5. The second-order valence-corrected chi connectivity index (χ2v) is 4.39. The van der Waals surface area contributed by atoms with Crippen LogP contribution in [0.25, 0.3) is 0 Å². The van der Waals surface area contributed by atoms with Crippen molar-refractivity contribution in [2.75, 3.05) is 0 Å². The van der Waals surface area contributed by atoms with Crippen LogP contribution < -0.4 is 5.73 Å². The summed E-state index contributed by atoms with van der Waals surface area (Å²) in [5.41, 5.74) is 5.97. The molecule has 74 valence electrons. The lowest BCUT2D eigenvalue weighted by Gasteiger charge is -2.16. The number of nitrogens with two attached hydrogens (primary N) is 1. The molecule has 2 aliphatic rings. The summed E-state index contributed by atoms with van der Waals surface area (Å²) in [6.07, 6.45) is 3.93. The van der Waals surface area contributed by atoms with Crippen LogP contribution in [-0.4, -0.2) is 24.1 Å². The number of ether oxygens (including phenoxy) is 1. The average molecular weight is 182 g/mol. The number of aliphatic imine (C=N–C) groups is 1. The van der Waals surface area contributed by atoms with E-state index in [0.29, 0.717) is 18.1 Å². The highest BCUT2D eigenvalue weighted by Gasteiger charge is 2.37. The summed E-state index contributed by atoms with van der Waals surface area (Å²) in [6.45, 7) is 4.20. The van der Waals surface area contributed by atoms with Gasteiger partial charge >= 0.3 is 0 Å². The molecule has 0 amide bonds. The molecule has 3 atom stereocenters. The molecule has 0 bridgehead atoms. The normalized spacial score (nSPS) is 34.3. The molecule has 1 saturated carbocycles. The summed E-state index contributed by atoms with van der Waals surface area (Å²) >= 11 is 0. The Bertz CT molecular complexity index is 225. The van der Waals surface area contributed by atoms with Crippen LogP contribution >= 0.6 is 0 Å². The fourth-order valence-corrected chi connectivity index (χ4v) is 1.99. The molecule has 1 aliphatic heterocycles. The lowest BCUT2D eigenvalue weighted by molar-refractivity contribution is 0.200. The smallest absolute Gasteiger partial charge is 0.201 e. The van der Waals surface area contributed by atoms with Crippen LogP contribution in [-0.2, 0) is 4.74 Å². The Hall–Kier alpha value is -0.570. The van der Waals surface area contributed by atoms with Gasteiger partial charge in [0.05, 0.1) is 12.1 Å². The minimum atomic E-state index is -0.00870. The molecule has 1 heterocycles. The molecule has 0 aromatic heterocycles. The number of rotatable bonds is 2. The van der Waals surface area contributed by atoms with Gasteiger partial charge in [-0.05, 0) is 25.2 Å². The summed E-state index contributed by atoms with van der Waals surface area (Å²) in [4.78, 5) is 4.54. The fourth-order valence-electron chi connectivity index (χ4n) is 1.99. The first kappa shape index (κ1) is 9.00. The zero-order valence-corrected chi connectivity index (χ0v) is 8.36. The molecule has 2 unspecified atom stereocenters. The van der Waals surface area contributed by atoms with Crippen molar-refractivity contribution in [1.29, 1.82) is 0 Å². The van der Waals surface area contributed by atoms with Crippen LogP contribution in [0.2, 0.25) is 0 Å². The van der Waals surface area contributed by atoms with Gasteiger partial charge in [0.15, 0.2) is 0 Å². The van der Waals surface area contributed by atoms with E-state index in [4.69, 9.17) is 10.5 Å². The van der Waals surface area contributed by atoms with Crippen molar-refractivity contribution >= 4 is 5.90 Å². The fraction of sp³-hybridized carbons (Fsp3) is 0.900. The zero-order chi connectivity index (χ0) is 9.42.